The second-order valence-electron chi connectivity index (χ2n) is 4.41. The van der Waals surface area contributed by atoms with E-state index >= 15 is 0 Å². The van der Waals surface area contributed by atoms with Crippen LogP contribution in [0.3, 0.4) is 0 Å². The van der Waals surface area contributed by atoms with E-state index in [2.05, 4.69) is 16.1 Å². The largest absolute Gasteiger partial charge is 0.299 e. The third-order valence-electron chi connectivity index (χ3n) is 3.28. The van der Waals surface area contributed by atoms with Crippen molar-refractivity contribution in [3.63, 3.8) is 0 Å². The van der Waals surface area contributed by atoms with Crippen LogP contribution in [0.2, 0.25) is 0 Å². The van der Waals surface area contributed by atoms with Crippen molar-refractivity contribution in [3.05, 3.63) is 45.8 Å². The predicted molar refractivity (Wildman–Crippen MR) is 65.6 cm³/mol. The zero-order chi connectivity index (χ0) is 12.1. The minimum Gasteiger partial charge on any atom is -0.299 e. The first-order valence-corrected chi connectivity index (χ1v) is 5.91. The molecule has 1 unspecified atom stereocenters. The molecule has 0 saturated carbocycles. The molecule has 0 amide bonds. The molecule has 17 heavy (non-hydrogen) atoms. The molecule has 0 bridgehead atoms. The van der Waals surface area contributed by atoms with Crippen LogP contribution in [0.15, 0.2) is 29.4 Å². The molecule has 4 nitrogen and oxygen atoms in total. The van der Waals surface area contributed by atoms with Crippen molar-refractivity contribution >= 4 is 5.78 Å². The van der Waals surface area contributed by atoms with Crippen LogP contribution in [0, 0.1) is 5.92 Å². The molecule has 1 aliphatic carbocycles. The molecule has 0 saturated heterocycles. The maximum atomic E-state index is 11.9. The number of azide groups is 1. The molecule has 0 spiro atoms. The second kappa shape index (κ2) is 5.51. The standard InChI is InChI=1S/C13H15N3O/c14-16-15-7-3-6-12-8-10-4-1-2-5-11(10)9-13(12)17/h1-2,4-5,12H,3,6-9H2. The Hall–Kier alpha value is -1.80. The smallest absolute Gasteiger partial charge is 0.140 e. The molecule has 1 aromatic carbocycles. The highest BCUT2D eigenvalue weighted by Gasteiger charge is 2.25. The van der Waals surface area contributed by atoms with Gasteiger partial charge in [0.05, 0.1) is 0 Å². The molecule has 1 aliphatic rings. The van der Waals surface area contributed by atoms with Crippen LogP contribution in [-0.4, -0.2) is 12.3 Å². The van der Waals surface area contributed by atoms with Crippen molar-refractivity contribution in [3.8, 4) is 0 Å². The van der Waals surface area contributed by atoms with Gasteiger partial charge in [0.25, 0.3) is 0 Å². The van der Waals surface area contributed by atoms with Gasteiger partial charge in [-0.05, 0) is 35.9 Å². The molecular weight excluding hydrogens is 214 g/mol. The molecule has 0 aromatic heterocycles. The second-order valence-corrected chi connectivity index (χ2v) is 4.41. The lowest BCUT2D eigenvalue weighted by molar-refractivity contribution is -0.122. The fourth-order valence-electron chi connectivity index (χ4n) is 2.36. The zero-order valence-electron chi connectivity index (χ0n) is 9.67. The zero-order valence-corrected chi connectivity index (χ0v) is 9.67. The maximum absolute atomic E-state index is 11.9. The van der Waals surface area contributed by atoms with Crippen LogP contribution in [0.1, 0.15) is 24.0 Å². The van der Waals surface area contributed by atoms with E-state index in [1.165, 1.54) is 11.1 Å². The average molecular weight is 229 g/mol. The van der Waals surface area contributed by atoms with E-state index in [0.717, 1.165) is 19.3 Å². The van der Waals surface area contributed by atoms with Gasteiger partial charge in [0.1, 0.15) is 5.78 Å². The third kappa shape index (κ3) is 2.86. The Balaban J connectivity index is 1.97. The number of hydrogen-bond donors (Lipinski definition) is 0. The Bertz CT molecular complexity index is 463. The molecule has 2 rings (SSSR count). The summed E-state index contributed by atoms with van der Waals surface area (Å²) in [6.07, 6.45) is 3.02. The highest BCUT2D eigenvalue weighted by molar-refractivity contribution is 5.85. The topological polar surface area (TPSA) is 65.8 Å². The van der Waals surface area contributed by atoms with Gasteiger partial charge in [0.15, 0.2) is 0 Å². The van der Waals surface area contributed by atoms with Crippen molar-refractivity contribution < 1.29 is 4.79 Å². The fraction of sp³-hybridized carbons (Fsp3) is 0.462. The summed E-state index contributed by atoms with van der Waals surface area (Å²) in [7, 11) is 0. The van der Waals surface area contributed by atoms with E-state index in [-0.39, 0.29) is 5.92 Å². The van der Waals surface area contributed by atoms with Crippen molar-refractivity contribution in [2.45, 2.75) is 25.7 Å². The molecule has 1 aromatic rings. The Morgan fingerprint density at radius 2 is 2.12 bits per heavy atom. The summed E-state index contributed by atoms with van der Waals surface area (Å²) in [6, 6.07) is 8.13. The van der Waals surface area contributed by atoms with Crippen molar-refractivity contribution in [1.29, 1.82) is 0 Å². The van der Waals surface area contributed by atoms with Gasteiger partial charge in [-0.2, -0.15) is 0 Å². The summed E-state index contributed by atoms with van der Waals surface area (Å²) in [6.45, 7) is 0.488. The number of carbonyl (C=O) groups is 1. The summed E-state index contributed by atoms with van der Waals surface area (Å²) >= 11 is 0. The lowest BCUT2D eigenvalue weighted by atomic mass is 9.81. The third-order valence-corrected chi connectivity index (χ3v) is 3.28. The van der Waals surface area contributed by atoms with Crippen LogP contribution in [0.5, 0.6) is 0 Å². The van der Waals surface area contributed by atoms with Gasteiger partial charge in [-0.1, -0.05) is 29.4 Å². The molecule has 4 heteroatoms. The van der Waals surface area contributed by atoms with Gasteiger partial charge < -0.3 is 0 Å². The lowest BCUT2D eigenvalue weighted by Gasteiger charge is -2.23. The molecule has 0 N–H and O–H groups in total. The molecule has 0 fully saturated rings. The summed E-state index contributed by atoms with van der Waals surface area (Å²) in [4.78, 5) is 14.6. The maximum Gasteiger partial charge on any atom is 0.140 e. The minimum atomic E-state index is 0.110. The first-order valence-electron chi connectivity index (χ1n) is 5.91. The Labute approximate surface area is 100 Å². The number of benzene rings is 1. The fourth-order valence-corrected chi connectivity index (χ4v) is 2.36. The number of Topliss-reactive ketones (excluding diaryl/α,β-unsaturated/α-hetero) is 1. The molecule has 88 valence electrons. The Kier molecular flexibility index (Phi) is 3.78. The number of ketones is 1. The number of rotatable bonds is 4. The highest BCUT2D eigenvalue weighted by atomic mass is 16.1. The molecular formula is C13H15N3O. The van der Waals surface area contributed by atoms with Crippen LogP contribution in [0.25, 0.3) is 10.4 Å². The van der Waals surface area contributed by atoms with E-state index < -0.39 is 0 Å². The summed E-state index contributed by atoms with van der Waals surface area (Å²) < 4.78 is 0. The first-order chi connectivity index (χ1) is 8.31. The quantitative estimate of drug-likeness (QED) is 0.338. The minimum absolute atomic E-state index is 0.110. The number of carbonyl (C=O) groups excluding carboxylic acids is 1. The summed E-state index contributed by atoms with van der Waals surface area (Å²) in [5, 5.41) is 3.49. The summed E-state index contributed by atoms with van der Waals surface area (Å²) in [5.74, 6) is 0.434. The van der Waals surface area contributed by atoms with E-state index in [0.29, 0.717) is 18.7 Å². The normalized spacial score (nSPS) is 18.4. The van der Waals surface area contributed by atoms with Gasteiger partial charge in [0.2, 0.25) is 0 Å². The van der Waals surface area contributed by atoms with Crippen molar-refractivity contribution in [2.24, 2.45) is 11.0 Å². The van der Waals surface area contributed by atoms with Crippen LogP contribution in [-0.2, 0) is 17.6 Å². The van der Waals surface area contributed by atoms with Crippen LogP contribution < -0.4 is 0 Å². The van der Waals surface area contributed by atoms with E-state index in [1.54, 1.807) is 0 Å². The van der Waals surface area contributed by atoms with E-state index in [1.807, 2.05) is 18.2 Å². The molecule has 0 aliphatic heterocycles. The van der Waals surface area contributed by atoms with E-state index in [4.69, 9.17) is 5.53 Å². The van der Waals surface area contributed by atoms with Gasteiger partial charge in [-0.15, -0.1) is 0 Å². The number of nitrogens with zero attached hydrogens (tertiary/aromatic N) is 3. The number of hydrogen-bond acceptors (Lipinski definition) is 2. The summed E-state index contributed by atoms with van der Waals surface area (Å²) in [5.41, 5.74) is 10.6. The number of fused-ring (bicyclic) bond motifs is 1. The van der Waals surface area contributed by atoms with Gasteiger partial charge in [-0.3, -0.25) is 4.79 Å². The van der Waals surface area contributed by atoms with Crippen molar-refractivity contribution in [2.75, 3.05) is 6.54 Å². The average Bonchev–Trinajstić information content (AvgIpc) is 2.35. The monoisotopic (exact) mass is 229 g/mol. The van der Waals surface area contributed by atoms with Gasteiger partial charge >= 0.3 is 0 Å². The molecule has 0 radical (unpaired) electrons. The van der Waals surface area contributed by atoms with Gasteiger partial charge in [0, 0.05) is 23.8 Å². The van der Waals surface area contributed by atoms with Crippen LogP contribution in [0.4, 0.5) is 0 Å². The highest BCUT2D eigenvalue weighted by Crippen LogP contribution is 2.25. The first kappa shape index (κ1) is 11.7. The van der Waals surface area contributed by atoms with Crippen LogP contribution >= 0.6 is 0 Å². The predicted octanol–water partition coefficient (Wildman–Crippen LogP) is 3.06. The Morgan fingerprint density at radius 3 is 2.88 bits per heavy atom. The lowest BCUT2D eigenvalue weighted by Crippen LogP contribution is -2.25. The molecule has 1 atom stereocenters. The van der Waals surface area contributed by atoms with E-state index in [9.17, 15) is 4.79 Å². The Morgan fingerprint density at radius 1 is 1.35 bits per heavy atom. The van der Waals surface area contributed by atoms with Crippen molar-refractivity contribution in [1.82, 2.24) is 0 Å². The SMILES string of the molecule is [N-]=[N+]=NCCCC1Cc2ccccc2CC1=O. The molecule has 0 heterocycles. The van der Waals surface area contributed by atoms with Gasteiger partial charge in [-0.25, -0.2) is 0 Å².